The summed E-state index contributed by atoms with van der Waals surface area (Å²) in [5.74, 6) is -0.942. The number of carbonyl (C=O) groups is 3. The number of benzene rings is 1. The lowest BCUT2D eigenvalue weighted by molar-refractivity contribution is -0.129. The Morgan fingerprint density at radius 2 is 1.88 bits per heavy atom. The van der Waals surface area contributed by atoms with Crippen LogP contribution in [0.2, 0.25) is 0 Å². The van der Waals surface area contributed by atoms with Crippen LogP contribution in [0.4, 0.5) is 4.39 Å². The minimum absolute atomic E-state index is 0.0223. The molecule has 0 aromatic heterocycles. The Balaban J connectivity index is 1.37. The number of halogens is 1. The second kappa shape index (κ2) is 7.63. The summed E-state index contributed by atoms with van der Waals surface area (Å²) in [4.78, 5) is 37.7. The number of rotatable bonds is 7. The van der Waals surface area contributed by atoms with Crippen LogP contribution in [0.3, 0.4) is 0 Å². The molecule has 2 fully saturated rings. The van der Waals surface area contributed by atoms with Gasteiger partial charge in [-0.2, -0.15) is 0 Å². The molecule has 3 rings (SSSR count). The Bertz CT molecular complexity index is 675. The maximum Gasteiger partial charge on any atom is 0.254 e. The average molecular weight is 347 g/mol. The van der Waals surface area contributed by atoms with Crippen LogP contribution in [0.5, 0.6) is 0 Å². The van der Waals surface area contributed by atoms with Gasteiger partial charge in [0.05, 0.1) is 11.5 Å². The molecular formula is C18H22FN3O3. The molecule has 0 unspecified atom stereocenters. The molecule has 0 bridgehead atoms. The zero-order valence-electron chi connectivity index (χ0n) is 14.0. The number of hydrogen-bond donors (Lipinski definition) is 2. The van der Waals surface area contributed by atoms with Crippen molar-refractivity contribution in [3.05, 3.63) is 35.6 Å². The van der Waals surface area contributed by atoms with Gasteiger partial charge in [-0.05, 0) is 30.9 Å². The number of nitrogens with zero attached hydrogens (tertiary/aromatic N) is 1. The Morgan fingerprint density at radius 1 is 1.16 bits per heavy atom. The number of nitrogens with one attached hydrogen (secondary N) is 2. The molecule has 1 atom stereocenters. The van der Waals surface area contributed by atoms with Crippen molar-refractivity contribution >= 4 is 17.7 Å². The van der Waals surface area contributed by atoms with Crippen LogP contribution in [-0.2, 0) is 9.59 Å². The summed E-state index contributed by atoms with van der Waals surface area (Å²) in [5, 5.41) is 5.30. The third-order valence-corrected chi connectivity index (χ3v) is 4.59. The third kappa shape index (κ3) is 4.55. The number of likely N-dealkylation sites (tertiary alicyclic amines) is 1. The van der Waals surface area contributed by atoms with Crippen molar-refractivity contribution in [2.24, 2.45) is 11.8 Å². The molecule has 0 spiro atoms. The molecule has 1 aliphatic heterocycles. The normalized spacial score (nSPS) is 19.8. The van der Waals surface area contributed by atoms with Gasteiger partial charge in [-0.3, -0.25) is 14.4 Å². The fourth-order valence-corrected chi connectivity index (χ4v) is 2.98. The lowest BCUT2D eigenvalue weighted by atomic mass is 10.1. The molecule has 0 radical (unpaired) electrons. The summed E-state index contributed by atoms with van der Waals surface area (Å²) in [6.07, 6.45) is 2.59. The average Bonchev–Trinajstić information content (AvgIpc) is 3.33. The fraction of sp³-hybridized carbons (Fsp3) is 0.500. The van der Waals surface area contributed by atoms with Crippen LogP contribution >= 0.6 is 0 Å². The Labute approximate surface area is 145 Å². The van der Waals surface area contributed by atoms with Gasteiger partial charge in [-0.25, -0.2) is 4.39 Å². The molecule has 25 heavy (non-hydrogen) atoms. The van der Waals surface area contributed by atoms with Crippen molar-refractivity contribution in [1.82, 2.24) is 15.5 Å². The van der Waals surface area contributed by atoms with E-state index in [2.05, 4.69) is 10.6 Å². The van der Waals surface area contributed by atoms with Crippen molar-refractivity contribution in [3.8, 4) is 0 Å². The van der Waals surface area contributed by atoms with Crippen molar-refractivity contribution < 1.29 is 18.8 Å². The van der Waals surface area contributed by atoms with Crippen LogP contribution in [-0.4, -0.2) is 48.8 Å². The van der Waals surface area contributed by atoms with E-state index in [1.54, 1.807) is 11.0 Å². The molecule has 3 amide bonds. The van der Waals surface area contributed by atoms with E-state index in [1.807, 2.05) is 0 Å². The largest absolute Gasteiger partial charge is 0.354 e. The molecule has 1 saturated heterocycles. The highest BCUT2D eigenvalue weighted by Crippen LogP contribution is 2.31. The molecule has 1 saturated carbocycles. The second-order valence-corrected chi connectivity index (χ2v) is 6.67. The number of amides is 3. The van der Waals surface area contributed by atoms with Gasteiger partial charge in [0, 0.05) is 32.6 Å². The molecule has 6 nitrogen and oxygen atoms in total. The molecule has 7 heteroatoms. The molecule has 1 aromatic carbocycles. The summed E-state index contributed by atoms with van der Waals surface area (Å²) in [6.45, 7) is 1.68. The number of carbonyl (C=O) groups excluding carboxylic acids is 3. The Kier molecular flexibility index (Phi) is 5.31. The minimum atomic E-state index is -0.579. The lowest BCUT2D eigenvalue weighted by Crippen LogP contribution is -2.38. The lowest BCUT2D eigenvalue weighted by Gasteiger charge is -2.16. The maximum atomic E-state index is 13.5. The van der Waals surface area contributed by atoms with E-state index in [9.17, 15) is 18.8 Å². The SMILES string of the molecule is O=C(NCCNC(=O)[C@H]1CC(=O)N(CC2CC2)C1)c1ccccc1F. The number of hydrogen-bond acceptors (Lipinski definition) is 3. The Hall–Kier alpha value is -2.44. The first-order valence-corrected chi connectivity index (χ1v) is 8.63. The van der Waals surface area contributed by atoms with Crippen LogP contribution in [0, 0.1) is 17.7 Å². The van der Waals surface area contributed by atoms with Gasteiger partial charge in [-0.1, -0.05) is 12.1 Å². The van der Waals surface area contributed by atoms with E-state index in [0.29, 0.717) is 12.5 Å². The van der Waals surface area contributed by atoms with Crippen LogP contribution < -0.4 is 10.6 Å². The van der Waals surface area contributed by atoms with Gasteiger partial charge in [0.1, 0.15) is 5.82 Å². The summed E-state index contributed by atoms with van der Waals surface area (Å²) >= 11 is 0. The minimum Gasteiger partial charge on any atom is -0.354 e. The van der Waals surface area contributed by atoms with E-state index in [1.165, 1.54) is 31.0 Å². The van der Waals surface area contributed by atoms with Gasteiger partial charge in [0.2, 0.25) is 11.8 Å². The highest BCUT2D eigenvalue weighted by Gasteiger charge is 2.36. The summed E-state index contributed by atoms with van der Waals surface area (Å²) in [5.41, 5.74) is -0.0223. The van der Waals surface area contributed by atoms with Crippen LogP contribution in [0.15, 0.2) is 24.3 Å². The monoisotopic (exact) mass is 347 g/mol. The topological polar surface area (TPSA) is 78.5 Å². The van der Waals surface area contributed by atoms with E-state index in [-0.39, 0.29) is 42.8 Å². The van der Waals surface area contributed by atoms with Gasteiger partial charge < -0.3 is 15.5 Å². The standard InChI is InChI=1S/C18H22FN3O3/c19-15-4-2-1-3-14(15)18(25)21-8-7-20-17(24)13-9-16(23)22(11-13)10-12-5-6-12/h1-4,12-13H,5-11H2,(H,20,24)(H,21,25)/t13-/m0/s1. The molecule has 134 valence electrons. The molecule has 2 aliphatic rings. The van der Waals surface area contributed by atoms with E-state index < -0.39 is 11.7 Å². The van der Waals surface area contributed by atoms with Crippen molar-refractivity contribution in [2.45, 2.75) is 19.3 Å². The first-order valence-electron chi connectivity index (χ1n) is 8.63. The van der Waals surface area contributed by atoms with Gasteiger partial charge in [-0.15, -0.1) is 0 Å². The zero-order valence-corrected chi connectivity index (χ0v) is 14.0. The van der Waals surface area contributed by atoms with Gasteiger partial charge >= 0.3 is 0 Å². The smallest absolute Gasteiger partial charge is 0.254 e. The fourth-order valence-electron chi connectivity index (χ4n) is 2.98. The van der Waals surface area contributed by atoms with Crippen LogP contribution in [0.1, 0.15) is 29.6 Å². The molecular weight excluding hydrogens is 325 g/mol. The van der Waals surface area contributed by atoms with E-state index in [4.69, 9.17) is 0 Å². The predicted molar refractivity (Wildman–Crippen MR) is 89.2 cm³/mol. The van der Waals surface area contributed by atoms with Gasteiger partial charge in [0.25, 0.3) is 5.91 Å². The predicted octanol–water partition coefficient (Wildman–Crippen LogP) is 0.930. The summed E-state index contributed by atoms with van der Waals surface area (Å²) in [6, 6.07) is 5.73. The molecule has 2 N–H and O–H groups in total. The quantitative estimate of drug-likeness (QED) is 0.720. The van der Waals surface area contributed by atoms with Crippen molar-refractivity contribution in [2.75, 3.05) is 26.2 Å². The maximum absolute atomic E-state index is 13.5. The highest BCUT2D eigenvalue weighted by atomic mass is 19.1. The summed E-state index contributed by atoms with van der Waals surface area (Å²) in [7, 11) is 0. The van der Waals surface area contributed by atoms with Crippen molar-refractivity contribution in [3.63, 3.8) is 0 Å². The van der Waals surface area contributed by atoms with Crippen LogP contribution in [0.25, 0.3) is 0 Å². The molecule has 1 aromatic rings. The first kappa shape index (κ1) is 17.4. The molecule has 1 aliphatic carbocycles. The summed E-state index contributed by atoms with van der Waals surface area (Å²) < 4.78 is 13.5. The molecule has 1 heterocycles. The Morgan fingerprint density at radius 3 is 2.60 bits per heavy atom. The second-order valence-electron chi connectivity index (χ2n) is 6.67. The highest BCUT2D eigenvalue weighted by molar-refractivity contribution is 5.94. The van der Waals surface area contributed by atoms with E-state index >= 15 is 0 Å². The van der Waals surface area contributed by atoms with Crippen molar-refractivity contribution in [1.29, 1.82) is 0 Å². The zero-order chi connectivity index (χ0) is 17.8. The first-order chi connectivity index (χ1) is 12.0. The third-order valence-electron chi connectivity index (χ3n) is 4.59. The van der Waals surface area contributed by atoms with Gasteiger partial charge in [0.15, 0.2) is 0 Å². The van der Waals surface area contributed by atoms with E-state index in [0.717, 1.165) is 6.54 Å².